The van der Waals surface area contributed by atoms with Gasteiger partial charge in [-0.05, 0) is 43.9 Å². The number of ether oxygens (including phenoxy) is 1. The molecule has 1 heterocycles. The number of nitrogens with zero attached hydrogens (tertiary/aromatic N) is 1. The zero-order chi connectivity index (χ0) is 12.4. The van der Waals surface area contributed by atoms with Gasteiger partial charge in [0.1, 0.15) is 5.76 Å². The summed E-state index contributed by atoms with van der Waals surface area (Å²) < 4.78 is 5.93. The zero-order valence-electron chi connectivity index (χ0n) is 10.3. The Labute approximate surface area is 111 Å². The molecule has 0 unspecified atom stereocenters. The van der Waals surface area contributed by atoms with Crippen LogP contribution in [0.1, 0.15) is 30.3 Å². The number of hydrogen-bond donors (Lipinski definition) is 0. The third kappa shape index (κ3) is 2.31. The molecule has 0 spiro atoms. The van der Waals surface area contributed by atoms with Crippen LogP contribution in [0.5, 0.6) is 5.19 Å². The normalized spacial score (nSPS) is 17.8. The first-order valence-corrected chi connectivity index (χ1v) is 7.02. The summed E-state index contributed by atoms with van der Waals surface area (Å²) in [6.45, 7) is 2.06. The summed E-state index contributed by atoms with van der Waals surface area (Å²) in [4.78, 5) is 5.87. The van der Waals surface area contributed by atoms with Gasteiger partial charge < -0.3 is 4.74 Å². The predicted molar refractivity (Wildman–Crippen MR) is 75.7 cm³/mol. The fourth-order valence-electron chi connectivity index (χ4n) is 2.03. The Bertz CT molecular complexity index is 575. The van der Waals surface area contributed by atoms with E-state index in [0.717, 1.165) is 41.5 Å². The third-order valence-corrected chi connectivity index (χ3v) is 4.04. The van der Waals surface area contributed by atoms with Crippen molar-refractivity contribution in [2.75, 3.05) is 0 Å². The standard InChI is InChI=1S/C15H15NOS/c1-11-7-3-2-4-9-13(11)17-15-16-12-8-5-6-10-14(12)18-15/h2-3,5,7-9H,4,6,10H2,1H3. The highest BCUT2D eigenvalue weighted by atomic mass is 32.1. The molecule has 0 atom stereocenters. The molecule has 0 amide bonds. The molecule has 0 aromatic carbocycles. The van der Waals surface area contributed by atoms with E-state index in [1.54, 1.807) is 11.3 Å². The Kier molecular flexibility index (Phi) is 3.15. The number of aryl methyl sites for hydroxylation is 1. The molecule has 2 aliphatic rings. The van der Waals surface area contributed by atoms with Crippen molar-refractivity contribution < 1.29 is 4.74 Å². The average molecular weight is 257 g/mol. The van der Waals surface area contributed by atoms with E-state index in [1.807, 2.05) is 0 Å². The lowest BCUT2D eigenvalue weighted by atomic mass is 10.1. The molecule has 2 aliphatic carbocycles. The van der Waals surface area contributed by atoms with E-state index in [0.29, 0.717) is 0 Å². The topological polar surface area (TPSA) is 22.1 Å². The molecule has 0 fully saturated rings. The second-order valence-electron chi connectivity index (χ2n) is 4.41. The maximum Gasteiger partial charge on any atom is 0.279 e. The highest BCUT2D eigenvalue weighted by Gasteiger charge is 2.14. The number of allylic oxidation sites excluding steroid dienone is 6. The van der Waals surface area contributed by atoms with Crippen LogP contribution in [-0.4, -0.2) is 4.98 Å². The Morgan fingerprint density at radius 3 is 3.17 bits per heavy atom. The Hall–Kier alpha value is -1.61. The molecule has 3 rings (SSSR count). The molecule has 0 bridgehead atoms. The van der Waals surface area contributed by atoms with Crippen LogP contribution in [0.3, 0.4) is 0 Å². The van der Waals surface area contributed by atoms with Gasteiger partial charge >= 0.3 is 0 Å². The van der Waals surface area contributed by atoms with Crippen molar-refractivity contribution >= 4 is 17.4 Å². The van der Waals surface area contributed by atoms with Crippen LogP contribution in [0.25, 0.3) is 6.08 Å². The number of rotatable bonds is 2. The van der Waals surface area contributed by atoms with Gasteiger partial charge in [0.15, 0.2) is 0 Å². The monoisotopic (exact) mass is 257 g/mol. The van der Waals surface area contributed by atoms with Crippen molar-refractivity contribution in [1.82, 2.24) is 4.98 Å². The van der Waals surface area contributed by atoms with Crippen LogP contribution in [0.2, 0.25) is 0 Å². The lowest BCUT2D eigenvalue weighted by Gasteiger charge is -2.06. The minimum Gasteiger partial charge on any atom is -0.431 e. The van der Waals surface area contributed by atoms with E-state index >= 15 is 0 Å². The van der Waals surface area contributed by atoms with Crippen molar-refractivity contribution in [3.8, 4) is 5.19 Å². The Morgan fingerprint density at radius 2 is 2.28 bits per heavy atom. The molecule has 92 valence electrons. The first-order chi connectivity index (χ1) is 8.83. The van der Waals surface area contributed by atoms with Crippen molar-refractivity contribution in [3.05, 3.63) is 52.3 Å². The average Bonchev–Trinajstić information content (AvgIpc) is 2.68. The van der Waals surface area contributed by atoms with Gasteiger partial charge in [-0.1, -0.05) is 35.6 Å². The molecular weight excluding hydrogens is 242 g/mol. The third-order valence-electron chi connectivity index (χ3n) is 3.03. The lowest BCUT2D eigenvalue weighted by molar-refractivity contribution is 0.431. The molecule has 0 N–H and O–H groups in total. The minimum absolute atomic E-state index is 0.757. The van der Waals surface area contributed by atoms with E-state index in [-0.39, 0.29) is 0 Å². The van der Waals surface area contributed by atoms with Gasteiger partial charge in [-0.25, -0.2) is 4.98 Å². The van der Waals surface area contributed by atoms with Gasteiger partial charge in [-0.15, -0.1) is 0 Å². The molecule has 18 heavy (non-hydrogen) atoms. The SMILES string of the molecule is CC1=CC=CCC=C1Oc1nc2c(s1)CCC=C2. The zero-order valence-corrected chi connectivity index (χ0v) is 11.2. The summed E-state index contributed by atoms with van der Waals surface area (Å²) in [5, 5.41) is 0.757. The van der Waals surface area contributed by atoms with Crippen molar-refractivity contribution in [2.24, 2.45) is 0 Å². The second kappa shape index (κ2) is 4.94. The Balaban J connectivity index is 1.83. The molecule has 1 aromatic rings. The van der Waals surface area contributed by atoms with Crippen LogP contribution in [0, 0.1) is 0 Å². The van der Waals surface area contributed by atoms with E-state index in [9.17, 15) is 0 Å². The molecule has 0 saturated heterocycles. The molecule has 3 heteroatoms. The summed E-state index contributed by atoms with van der Waals surface area (Å²) in [6, 6.07) is 0. The van der Waals surface area contributed by atoms with E-state index in [4.69, 9.17) is 4.74 Å². The van der Waals surface area contributed by atoms with E-state index < -0.39 is 0 Å². The maximum absolute atomic E-state index is 5.93. The minimum atomic E-state index is 0.757. The Morgan fingerprint density at radius 1 is 1.33 bits per heavy atom. The molecule has 1 aromatic heterocycles. The number of thiazole rings is 1. The summed E-state index contributed by atoms with van der Waals surface area (Å²) >= 11 is 1.66. The molecule has 0 saturated carbocycles. The van der Waals surface area contributed by atoms with Crippen LogP contribution in [-0.2, 0) is 6.42 Å². The van der Waals surface area contributed by atoms with Gasteiger partial charge in [0, 0.05) is 4.88 Å². The largest absolute Gasteiger partial charge is 0.431 e. The fourth-order valence-corrected chi connectivity index (χ4v) is 2.95. The van der Waals surface area contributed by atoms with Crippen LogP contribution in [0.4, 0.5) is 0 Å². The van der Waals surface area contributed by atoms with Crippen molar-refractivity contribution in [2.45, 2.75) is 26.2 Å². The van der Waals surface area contributed by atoms with Gasteiger partial charge in [0.2, 0.25) is 0 Å². The second-order valence-corrected chi connectivity index (χ2v) is 5.46. The first kappa shape index (κ1) is 11.5. The highest BCUT2D eigenvalue weighted by Crippen LogP contribution is 2.32. The number of fused-ring (bicyclic) bond motifs is 1. The lowest BCUT2D eigenvalue weighted by Crippen LogP contribution is -1.96. The van der Waals surface area contributed by atoms with Gasteiger partial charge in [-0.2, -0.15) is 0 Å². The quantitative estimate of drug-likeness (QED) is 0.789. The number of hydrogen-bond acceptors (Lipinski definition) is 3. The molecule has 0 radical (unpaired) electrons. The van der Waals surface area contributed by atoms with Crippen LogP contribution in [0.15, 0.2) is 41.7 Å². The predicted octanol–water partition coefficient (Wildman–Crippen LogP) is 4.27. The van der Waals surface area contributed by atoms with Gasteiger partial charge in [0.25, 0.3) is 5.19 Å². The first-order valence-electron chi connectivity index (χ1n) is 6.21. The van der Waals surface area contributed by atoms with Crippen LogP contribution < -0.4 is 4.74 Å². The molecule has 0 aliphatic heterocycles. The summed E-state index contributed by atoms with van der Waals surface area (Å²) in [5.74, 6) is 0.926. The molecule has 2 nitrogen and oxygen atoms in total. The summed E-state index contributed by atoms with van der Waals surface area (Å²) in [7, 11) is 0. The van der Waals surface area contributed by atoms with E-state index in [1.165, 1.54) is 4.88 Å². The summed E-state index contributed by atoms with van der Waals surface area (Å²) in [5.41, 5.74) is 2.22. The van der Waals surface area contributed by atoms with Gasteiger partial charge in [0.05, 0.1) is 5.69 Å². The highest BCUT2D eigenvalue weighted by molar-refractivity contribution is 7.13. The number of aromatic nitrogens is 1. The smallest absolute Gasteiger partial charge is 0.279 e. The maximum atomic E-state index is 5.93. The van der Waals surface area contributed by atoms with Crippen molar-refractivity contribution in [3.63, 3.8) is 0 Å². The van der Waals surface area contributed by atoms with Crippen molar-refractivity contribution in [1.29, 1.82) is 0 Å². The summed E-state index contributed by atoms with van der Waals surface area (Å²) in [6.07, 6.45) is 15.7. The van der Waals surface area contributed by atoms with Crippen LogP contribution >= 0.6 is 11.3 Å². The van der Waals surface area contributed by atoms with Gasteiger partial charge in [-0.3, -0.25) is 0 Å². The van der Waals surface area contributed by atoms with E-state index in [2.05, 4.69) is 48.4 Å². The molecular formula is C15H15NOS. The fraction of sp³-hybridized carbons (Fsp3) is 0.267.